The highest BCUT2D eigenvalue weighted by atomic mass is 16.6. The molecule has 0 aromatic carbocycles. The molecule has 0 radical (unpaired) electrons. The molecule has 6 heteroatoms. The van der Waals surface area contributed by atoms with Crippen molar-refractivity contribution in [1.82, 2.24) is 0 Å². The topological polar surface area (TPSA) is 78.9 Å². The van der Waals surface area contributed by atoms with Crippen LogP contribution in [0.15, 0.2) is 146 Å². The zero-order valence-electron chi connectivity index (χ0n) is 52.5. The minimum Gasteiger partial charge on any atom is -0.462 e. The SMILES string of the molecule is CC/C=C\C/C=C\C/C=C\C/C=C\C/C=C\C/C=C\C/C=C\CCCCCCCCCCCCCC(=O)OCC(COC(=O)CCCCCCC/C=C\C/C=C\CCCCC)OC(=O)CCCCCCC/C=C\C/C=C\C/C=C\CC. The van der Waals surface area contributed by atoms with Gasteiger partial charge in [0.2, 0.25) is 0 Å². The van der Waals surface area contributed by atoms with Gasteiger partial charge in [-0.1, -0.05) is 276 Å². The predicted molar refractivity (Wildman–Crippen MR) is 352 cm³/mol. The zero-order valence-corrected chi connectivity index (χ0v) is 52.5. The molecule has 0 aliphatic heterocycles. The van der Waals surface area contributed by atoms with Gasteiger partial charge < -0.3 is 14.2 Å². The normalized spacial score (nSPS) is 13.1. The van der Waals surface area contributed by atoms with Crippen LogP contribution < -0.4 is 0 Å². The Morgan fingerprint density at radius 3 is 0.753 bits per heavy atom. The summed E-state index contributed by atoms with van der Waals surface area (Å²) in [5.41, 5.74) is 0. The van der Waals surface area contributed by atoms with Gasteiger partial charge in [-0.05, 0) is 141 Å². The number of hydrogen-bond acceptors (Lipinski definition) is 6. The Kier molecular flexibility index (Phi) is 63.9. The average Bonchev–Trinajstić information content (AvgIpc) is 3.47. The molecule has 0 amide bonds. The molecule has 0 aliphatic rings. The number of allylic oxidation sites excluding steroid dienone is 24. The highest BCUT2D eigenvalue weighted by Crippen LogP contribution is 2.15. The quantitative estimate of drug-likeness (QED) is 0.0261. The number of rotatable bonds is 59. The molecule has 0 N–H and O–H groups in total. The van der Waals surface area contributed by atoms with Crippen molar-refractivity contribution in [2.24, 2.45) is 0 Å². The minimum atomic E-state index is -0.800. The van der Waals surface area contributed by atoms with E-state index in [2.05, 4.69) is 167 Å². The second-order valence-electron chi connectivity index (χ2n) is 21.6. The largest absolute Gasteiger partial charge is 0.462 e. The van der Waals surface area contributed by atoms with Crippen LogP contribution in [0.4, 0.5) is 0 Å². The smallest absolute Gasteiger partial charge is 0.306 e. The standard InChI is InChI=1S/C75H122O6/c1-4-7-10-13-16-19-22-25-28-29-30-31-32-33-34-35-36-37-38-39-40-41-42-43-44-45-48-50-53-56-59-62-65-68-74(77)80-71-72(81-75(78)69-66-63-60-57-54-51-47-27-24-21-18-15-12-9-6-3)70-79-73(76)67-64-61-58-55-52-49-46-26-23-20-17-14-11-8-5-2/h7,9-10,12,16-21,25-28,30-31,33-34,36-37,39-40,46-47,72H,4-6,8,11,13-15,22-24,29,32,35,38,41-45,48-71H2,1-3H3/b10-7-,12-9-,19-16-,20-17-,21-18-,28-25-,31-30-,34-33-,37-36-,40-39-,46-26-,47-27-. The van der Waals surface area contributed by atoms with Gasteiger partial charge in [0.05, 0.1) is 0 Å². The van der Waals surface area contributed by atoms with Crippen LogP contribution in [0.5, 0.6) is 0 Å². The molecule has 458 valence electrons. The first kappa shape index (κ1) is 76.3. The molecule has 1 unspecified atom stereocenters. The fourth-order valence-corrected chi connectivity index (χ4v) is 8.88. The van der Waals surface area contributed by atoms with E-state index >= 15 is 0 Å². The first-order valence-electron chi connectivity index (χ1n) is 33.3. The van der Waals surface area contributed by atoms with Crippen molar-refractivity contribution in [3.05, 3.63) is 146 Å². The van der Waals surface area contributed by atoms with Crippen LogP contribution in [0.1, 0.15) is 290 Å². The van der Waals surface area contributed by atoms with E-state index in [0.717, 1.165) is 167 Å². The highest BCUT2D eigenvalue weighted by molar-refractivity contribution is 5.71. The molecular formula is C75H122O6. The molecule has 0 aliphatic carbocycles. The summed E-state index contributed by atoms with van der Waals surface area (Å²) in [7, 11) is 0. The number of unbranched alkanes of at least 4 members (excludes halogenated alkanes) is 24. The van der Waals surface area contributed by atoms with Gasteiger partial charge in [0.1, 0.15) is 13.2 Å². The summed E-state index contributed by atoms with van der Waals surface area (Å²) >= 11 is 0. The number of carbonyl (C=O) groups is 3. The van der Waals surface area contributed by atoms with Crippen LogP contribution in [0.3, 0.4) is 0 Å². The Morgan fingerprint density at radius 2 is 0.481 bits per heavy atom. The Labute approximate surface area is 499 Å². The molecule has 0 saturated heterocycles. The Hall–Kier alpha value is -4.71. The first-order chi connectivity index (χ1) is 40.0. The predicted octanol–water partition coefficient (Wildman–Crippen LogP) is 23.1. The van der Waals surface area contributed by atoms with E-state index in [0.29, 0.717) is 19.3 Å². The fourth-order valence-electron chi connectivity index (χ4n) is 8.88. The highest BCUT2D eigenvalue weighted by Gasteiger charge is 2.19. The second kappa shape index (κ2) is 67.8. The summed E-state index contributed by atoms with van der Waals surface area (Å²) in [4.78, 5) is 38.3. The van der Waals surface area contributed by atoms with E-state index in [-0.39, 0.29) is 31.1 Å². The van der Waals surface area contributed by atoms with E-state index in [9.17, 15) is 14.4 Å². The number of esters is 3. The van der Waals surface area contributed by atoms with Gasteiger partial charge in [-0.15, -0.1) is 0 Å². The van der Waals surface area contributed by atoms with Gasteiger partial charge in [0.15, 0.2) is 6.10 Å². The second-order valence-corrected chi connectivity index (χ2v) is 21.6. The van der Waals surface area contributed by atoms with Crippen LogP contribution in [0, 0.1) is 0 Å². The lowest BCUT2D eigenvalue weighted by atomic mass is 10.0. The van der Waals surface area contributed by atoms with E-state index in [1.165, 1.54) is 83.5 Å². The third-order valence-corrected chi connectivity index (χ3v) is 13.8. The first-order valence-corrected chi connectivity index (χ1v) is 33.3. The molecule has 6 nitrogen and oxygen atoms in total. The lowest BCUT2D eigenvalue weighted by Crippen LogP contribution is -2.30. The molecule has 0 saturated carbocycles. The summed E-state index contributed by atoms with van der Waals surface area (Å²) in [6, 6.07) is 0. The zero-order chi connectivity index (χ0) is 58.5. The van der Waals surface area contributed by atoms with Crippen molar-refractivity contribution >= 4 is 17.9 Å². The summed E-state index contributed by atoms with van der Waals surface area (Å²) in [6.07, 6.45) is 97.2. The fraction of sp³-hybridized carbons (Fsp3) is 0.640. The molecule has 0 rings (SSSR count). The van der Waals surface area contributed by atoms with Crippen LogP contribution in [-0.2, 0) is 28.6 Å². The molecule has 0 aromatic heterocycles. The molecule has 81 heavy (non-hydrogen) atoms. The summed E-state index contributed by atoms with van der Waals surface area (Å²) in [6.45, 7) is 6.37. The van der Waals surface area contributed by atoms with Gasteiger partial charge in [-0.3, -0.25) is 14.4 Å². The molecule has 0 aromatic rings. The molecule has 1 atom stereocenters. The van der Waals surface area contributed by atoms with Crippen molar-refractivity contribution in [1.29, 1.82) is 0 Å². The van der Waals surface area contributed by atoms with Crippen molar-refractivity contribution in [2.45, 2.75) is 297 Å². The maximum atomic E-state index is 12.9. The number of carbonyl (C=O) groups excluding carboxylic acids is 3. The van der Waals surface area contributed by atoms with E-state index < -0.39 is 6.10 Å². The van der Waals surface area contributed by atoms with Gasteiger partial charge in [-0.25, -0.2) is 0 Å². The molecule has 0 heterocycles. The third kappa shape index (κ3) is 66.0. The minimum absolute atomic E-state index is 0.0947. The van der Waals surface area contributed by atoms with Crippen molar-refractivity contribution in [3.8, 4) is 0 Å². The van der Waals surface area contributed by atoms with Crippen LogP contribution in [-0.4, -0.2) is 37.2 Å². The number of ether oxygens (including phenoxy) is 3. The third-order valence-electron chi connectivity index (χ3n) is 13.8. The maximum absolute atomic E-state index is 12.9. The van der Waals surface area contributed by atoms with Crippen LogP contribution in [0.25, 0.3) is 0 Å². The molecule has 0 bridgehead atoms. The Morgan fingerprint density at radius 1 is 0.259 bits per heavy atom. The van der Waals surface area contributed by atoms with Crippen LogP contribution >= 0.6 is 0 Å². The summed E-state index contributed by atoms with van der Waals surface area (Å²) in [5, 5.41) is 0. The van der Waals surface area contributed by atoms with E-state index in [4.69, 9.17) is 14.2 Å². The van der Waals surface area contributed by atoms with E-state index in [1.54, 1.807) is 0 Å². The van der Waals surface area contributed by atoms with E-state index in [1.807, 2.05) is 0 Å². The Balaban J connectivity index is 4.28. The maximum Gasteiger partial charge on any atom is 0.306 e. The summed E-state index contributed by atoms with van der Waals surface area (Å²) in [5.74, 6) is -0.927. The van der Waals surface area contributed by atoms with Crippen LogP contribution in [0.2, 0.25) is 0 Å². The summed E-state index contributed by atoms with van der Waals surface area (Å²) < 4.78 is 16.9. The van der Waals surface area contributed by atoms with Crippen molar-refractivity contribution < 1.29 is 28.6 Å². The van der Waals surface area contributed by atoms with Crippen molar-refractivity contribution in [2.75, 3.05) is 13.2 Å². The molecule has 0 fully saturated rings. The molecule has 0 spiro atoms. The van der Waals surface area contributed by atoms with Gasteiger partial charge in [-0.2, -0.15) is 0 Å². The van der Waals surface area contributed by atoms with Gasteiger partial charge in [0, 0.05) is 19.3 Å². The lowest BCUT2D eigenvalue weighted by Gasteiger charge is -2.18. The van der Waals surface area contributed by atoms with Crippen molar-refractivity contribution in [3.63, 3.8) is 0 Å². The lowest BCUT2D eigenvalue weighted by molar-refractivity contribution is -0.167. The van der Waals surface area contributed by atoms with Gasteiger partial charge >= 0.3 is 17.9 Å². The number of hydrogen-bond donors (Lipinski definition) is 0. The molecular weight excluding hydrogens is 997 g/mol. The Bertz CT molecular complexity index is 1760. The average molecular weight is 1120 g/mol. The monoisotopic (exact) mass is 1120 g/mol. The van der Waals surface area contributed by atoms with Gasteiger partial charge in [0.25, 0.3) is 0 Å².